The molecule has 1 amide bonds. The van der Waals surface area contributed by atoms with E-state index in [0.29, 0.717) is 18.0 Å². The van der Waals surface area contributed by atoms with Crippen LogP contribution in [-0.2, 0) is 4.79 Å². The first-order valence-corrected chi connectivity index (χ1v) is 8.26. The van der Waals surface area contributed by atoms with Crippen LogP contribution in [0.1, 0.15) is 44.7 Å². The van der Waals surface area contributed by atoms with E-state index < -0.39 is 0 Å². The second kappa shape index (κ2) is 6.18. The summed E-state index contributed by atoms with van der Waals surface area (Å²) in [7, 11) is 0. The van der Waals surface area contributed by atoms with Gasteiger partial charge in [-0.2, -0.15) is 0 Å². The van der Waals surface area contributed by atoms with Crippen molar-refractivity contribution in [1.29, 1.82) is 0 Å². The quantitative estimate of drug-likeness (QED) is 0.852. The maximum atomic E-state index is 12.7. The molecule has 1 unspecified atom stereocenters. The fourth-order valence-corrected chi connectivity index (χ4v) is 3.57. The standard InChI is InChI=1S/C18H26N2O/c1-14(2)19-11-8-16(9-12-19)18(21)20-13-10-17(20)15-6-4-3-5-7-15/h3-7,14,16-17H,8-13H2,1-2H3. The van der Waals surface area contributed by atoms with Gasteiger partial charge in [-0.25, -0.2) is 0 Å². The molecule has 1 aromatic rings. The molecule has 1 atom stereocenters. The highest BCUT2D eigenvalue weighted by Crippen LogP contribution is 2.35. The van der Waals surface area contributed by atoms with Crippen LogP contribution in [0.25, 0.3) is 0 Å². The van der Waals surface area contributed by atoms with Gasteiger partial charge in [-0.15, -0.1) is 0 Å². The number of rotatable bonds is 3. The van der Waals surface area contributed by atoms with Crippen LogP contribution in [0.4, 0.5) is 0 Å². The van der Waals surface area contributed by atoms with Crippen molar-refractivity contribution in [3.8, 4) is 0 Å². The Balaban J connectivity index is 1.59. The van der Waals surface area contributed by atoms with Crippen molar-refractivity contribution < 1.29 is 4.79 Å². The van der Waals surface area contributed by atoms with Crippen LogP contribution in [0.15, 0.2) is 30.3 Å². The van der Waals surface area contributed by atoms with E-state index in [9.17, 15) is 4.79 Å². The zero-order chi connectivity index (χ0) is 14.8. The summed E-state index contributed by atoms with van der Waals surface area (Å²) in [6, 6.07) is 11.4. The van der Waals surface area contributed by atoms with Crippen molar-refractivity contribution in [2.24, 2.45) is 5.92 Å². The molecule has 21 heavy (non-hydrogen) atoms. The summed E-state index contributed by atoms with van der Waals surface area (Å²) in [5.74, 6) is 0.630. The number of benzene rings is 1. The Morgan fingerprint density at radius 3 is 2.24 bits per heavy atom. The monoisotopic (exact) mass is 286 g/mol. The largest absolute Gasteiger partial charge is 0.335 e. The van der Waals surface area contributed by atoms with Gasteiger partial charge in [0.05, 0.1) is 6.04 Å². The molecule has 3 heteroatoms. The van der Waals surface area contributed by atoms with Crippen molar-refractivity contribution in [2.75, 3.05) is 19.6 Å². The van der Waals surface area contributed by atoms with Gasteiger partial charge in [0.1, 0.15) is 0 Å². The zero-order valence-electron chi connectivity index (χ0n) is 13.2. The van der Waals surface area contributed by atoms with E-state index in [1.165, 1.54) is 5.56 Å². The molecule has 0 radical (unpaired) electrons. The minimum absolute atomic E-state index is 0.242. The van der Waals surface area contributed by atoms with Crippen LogP contribution in [0.3, 0.4) is 0 Å². The van der Waals surface area contributed by atoms with Gasteiger partial charge < -0.3 is 9.80 Å². The number of hydrogen-bond donors (Lipinski definition) is 0. The van der Waals surface area contributed by atoms with Crippen LogP contribution in [0.5, 0.6) is 0 Å². The van der Waals surface area contributed by atoms with E-state index in [-0.39, 0.29) is 5.92 Å². The highest BCUT2D eigenvalue weighted by atomic mass is 16.2. The van der Waals surface area contributed by atoms with Gasteiger partial charge >= 0.3 is 0 Å². The Morgan fingerprint density at radius 1 is 1.05 bits per heavy atom. The molecular formula is C18H26N2O. The van der Waals surface area contributed by atoms with Gasteiger partial charge in [-0.3, -0.25) is 4.79 Å². The van der Waals surface area contributed by atoms with Crippen molar-refractivity contribution in [3.63, 3.8) is 0 Å². The molecule has 2 saturated heterocycles. The van der Waals surface area contributed by atoms with Gasteiger partial charge in [0, 0.05) is 18.5 Å². The van der Waals surface area contributed by atoms with E-state index in [0.717, 1.165) is 38.9 Å². The van der Waals surface area contributed by atoms with Gasteiger partial charge in [0.25, 0.3) is 0 Å². The van der Waals surface area contributed by atoms with Gasteiger partial charge in [0.15, 0.2) is 0 Å². The minimum atomic E-state index is 0.242. The number of nitrogens with zero attached hydrogens (tertiary/aromatic N) is 2. The number of amides is 1. The fourth-order valence-electron chi connectivity index (χ4n) is 3.57. The van der Waals surface area contributed by atoms with Crippen LogP contribution >= 0.6 is 0 Å². The van der Waals surface area contributed by atoms with Crippen molar-refractivity contribution in [2.45, 2.75) is 45.2 Å². The molecule has 2 heterocycles. The number of piperidine rings is 1. The Labute approximate surface area is 127 Å². The van der Waals surface area contributed by atoms with Gasteiger partial charge in [-0.05, 0) is 51.8 Å². The van der Waals surface area contributed by atoms with E-state index in [1.54, 1.807) is 0 Å². The second-order valence-electron chi connectivity index (χ2n) is 6.65. The zero-order valence-corrected chi connectivity index (χ0v) is 13.2. The fraction of sp³-hybridized carbons (Fsp3) is 0.611. The predicted molar refractivity (Wildman–Crippen MR) is 84.9 cm³/mol. The van der Waals surface area contributed by atoms with Crippen LogP contribution in [-0.4, -0.2) is 41.4 Å². The first kappa shape index (κ1) is 14.6. The first-order valence-electron chi connectivity index (χ1n) is 8.26. The Kier molecular flexibility index (Phi) is 4.29. The van der Waals surface area contributed by atoms with Crippen molar-refractivity contribution in [3.05, 3.63) is 35.9 Å². The molecule has 0 spiro atoms. The summed E-state index contributed by atoms with van der Waals surface area (Å²) in [5, 5.41) is 0. The summed E-state index contributed by atoms with van der Waals surface area (Å²) in [4.78, 5) is 17.3. The molecule has 2 aliphatic rings. The molecule has 114 valence electrons. The second-order valence-corrected chi connectivity index (χ2v) is 6.65. The first-order chi connectivity index (χ1) is 10.2. The van der Waals surface area contributed by atoms with Gasteiger partial charge in [-0.1, -0.05) is 30.3 Å². The Hall–Kier alpha value is -1.35. The molecule has 0 aliphatic carbocycles. The van der Waals surface area contributed by atoms with E-state index >= 15 is 0 Å². The molecule has 3 rings (SSSR count). The van der Waals surface area contributed by atoms with Crippen molar-refractivity contribution in [1.82, 2.24) is 9.80 Å². The highest BCUT2D eigenvalue weighted by molar-refractivity contribution is 5.80. The summed E-state index contributed by atoms with van der Waals surface area (Å²) in [5.41, 5.74) is 1.29. The predicted octanol–water partition coefficient (Wildman–Crippen LogP) is 3.08. The van der Waals surface area contributed by atoms with Crippen LogP contribution < -0.4 is 0 Å². The minimum Gasteiger partial charge on any atom is -0.335 e. The lowest BCUT2D eigenvalue weighted by atomic mass is 9.89. The van der Waals surface area contributed by atoms with Gasteiger partial charge in [0.2, 0.25) is 5.91 Å². The highest BCUT2D eigenvalue weighted by Gasteiger charge is 2.37. The maximum absolute atomic E-state index is 12.7. The third-order valence-electron chi connectivity index (χ3n) is 5.10. The SMILES string of the molecule is CC(C)N1CCC(C(=O)N2CCC2c2ccccc2)CC1. The number of likely N-dealkylation sites (tertiary alicyclic amines) is 2. The molecule has 3 nitrogen and oxygen atoms in total. The van der Waals surface area contributed by atoms with E-state index in [2.05, 4.69) is 47.9 Å². The molecular weight excluding hydrogens is 260 g/mol. The van der Waals surface area contributed by atoms with Crippen LogP contribution in [0, 0.1) is 5.92 Å². The smallest absolute Gasteiger partial charge is 0.226 e. The molecule has 0 saturated carbocycles. The van der Waals surface area contributed by atoms with E-state index in [1.807, 2.05) is 6.07 Å². The number of carbonyl (C=O) groups is 1. The molecule has 0 aromatic heterocycles. The Morgan fingerprint density at radius 2 is 1.71 bits per heavy atom. The maximum Gasteiger partial charge on any atom is 0.226 e. The summed E-state index contributed by atoms with van der Waals surface area (Å²) in [6.45, 7) is 7.55. The third-order valence-corrected chi connectivity index (χ3v) is 5.10. The van der Waals surface area contributed by atoms with Crippen LogP contribution in [0.2, 0.25) is 0 Å². The molecule has 0 bridgehead atoms. The number of hydrogen-bond acceptors (Lipinski definition) is 2. The lowest BCUT2D eigenvalue weighted by molar-refractivity contribution is -0.145. The molecule has 2 fully saturated rings. The van der Waals surface area contributed by atoms with Crippen molar-refractivity contribution >= 4 is 5.91 Å². The summed E-state index contributed by atoms with van der Waals surface area (Å²) >= 11 is 0. The Bertz CT molecular complexity index is 477. The average Bonchev–Trinajstić information content (AvgIpc) is 2.47. The third kappa shape index (κ3) is 2.98. The number of carbonyl (C=O) groups excluding carboxylic acids is 1. The summed E-state index contributed by atoms with van der Waals surface area (Å²) < 4.78 is 0. The average molecular weight is 286 g/mol. The van der Waals surface area contributed by atoms with E-state index in [4.69, 9.17) is 0 Å². The lowest BCUT2D eigenvalue weighted by Gasteiger charge is -2.44. The summed E-state index contributed by atoms with van der Waals surface area (Å²) in [6.07, 6.45) is 3.16. The lowest BCUT2D eigenvalue weighted by Crippen LogP contribution is -2.50. The normalized spacial score (nSPS) is 24.1. The molecule has 0 N–H and O–H groups in total. The molecule has 1 aromatic carbocycles. The molecule has 2 aliphatic heterocycles. The topological polar surface area (TPSA) is 23.6 Å².